The van der Waals surface area contributed by atoms with Gasteiger partial charge >= 0.3 is 0 Å². The van der Waals surface area contributed by atoms with Gasteiger partial charge in [0, 0.05) is 20.7 Å². The van der Waals surface area contributed by atoms with Gasteiger partial charge in [0.2, 0.25) is 0 Å². The van der Waals surface area contributed by atoms with Gasteiger partial charge in [-0.25, -0.2) is 12.8 Å². The van der Waals surface area contributed by atoms with Crippen molar-refractivity contribution in [1.29, 1.82) is 0 Å². The van der Waals surface area contributed by atoms with E-state index in [0.29, 0.717) is 6.42 Å². The predicted molar refractivity (Wildman–Crippen MR) is 79.0 cm³/mol. The van der Waals surface area contributed by atoms with Crippen LogP contribution in [0, 0.1) is 5.82 Å². The topological polar surface area (TPSA) is 63.2 Å². The number of halogens is 3. The van der Waals surface area contributed by atoms with E-state index in [9.17, 15) is 17.6 Å². The zero-order valence-corrected chi connectivity index (χ0v) is 14.3. The lowest BCUT2D eigenvalue weighted by Gasteiger charge is -2.24. The third kappa shape index (κ3) is 4.17. The van der Waals surface area contributed by atoms with E-state index in [4.69, 9.17) is 10.7 Å². The number of rotatable bonds is 4. The van der Waals surface area contributed by atoms with Gasteiger partial charge in [-0.1, -0.05) is 22.9 Å². The fourth-order valence-electron chi connectivity index (χ4n) is 1.37. The first-order chi connectivity index (χ1) is 8.98. The van der Waals surface area contributed by atoms with Crippen LogP contribution >= 0.6 is 26.6 Å². The molecule has 0 saturated carbocycles. The van der Waals surface area contributed by atoms with Crippen molar-refractivity contribution in [2.75, 3.05) is 0 Å². The van der Waals surface area contributed by atoms with Crippen molar-refractivity contribution in [3.05, 3.63) is 28.0 Å². The first-order valence-corrected chi connectivity index (χ1v) is 8.84. The molecule has 4 nitrogen and oxygen atoms in total. The Morgan fingerprint density at radius 3 is 2.45 bits per heavy atom. The lowest BCUT2D eigenvalue weighted by Crippen LogP contribution is -2.43. The Kier molecular flexibility index (Phi) is 5.21. The third-order valence-corrected chi connectivity index (χ3v) is 4.63. The molecular weight excluding hydrogens is 373 g/mol. The smallest absolute Gasteiger partial charge is 0.264 e. The third-order valence-electron chi connectivity index (χ3n) is 2.85. The largest absolute Gasteiger partial charge is 0.347 e. The van der Waals surface area contributed by atoms with E-state index in [1.807, 2.05) is 6.92 Å². The minimum atomic E-state index is -4.27. The molecule has 0 unspecified atom stereocenters. The highest BCUT2D eigenvalue weighted by atomic mass is 79.9. The van der Waals surface area contributed by atoms with Crippen molar-refractivity contribution in [1.82, 2.24) is 5.32 Å². The molecule has 0 spiro atoms. The second-order valence-corrected chi connectivity index (χ2v) is 8.34. The molecule has 1 N–H and O–H groups in total. The average Bonchev–Trinajstić information content (AvgIpc) is 2.29. The van der Waals surface area contributed by atoms with E-state index < -0.39 is 31.2 Å². The van der Waals surface area contributed by atoms with E-state index in [1.54, 1.807) is 13.8 Å². The summed E-state index contributed by atoms with van der Waals surface area (Å²) in [6, 6.07) is 2.22. The van der Waals surface area contributed by atoms with Crippen molar-refractivity contribution >= 4 is 41.6 Å². The van der Waals surface area contributed by atoms with Crippen LogP contribution in [-0.4, -0.2) is 19.9 Å². The monoisotopic (exact) mass is 385 g/mol. The predicted octanol–water partition coefficient (Wildman–Crippen LogP) is 3.43. The first kappa shape index (κ1) is 17.4. The van der Waals surface area contributed by atoms with Crippen LogP contribution < -0.4 is 5.32 Å². The van der Waals surface area contributed by atoms with E-state index >= 15 is 0 Å². The Labute approximate surface area is 130 Å². The van der Waals surface area contributed by atoms with Gasteiger partial charge in [-0.15, -0.1) is 0 Å². The Morgan fingerprint density at radius 2 is 2.00 bits per heavy atom. The van der Waals surface area contributed by atoms with Crippen molar-refractivity contribution < 1.29 is 17.6 Å². The highest BCUT2D eigenvalue weighted by Crippen LogP contribution is 2.27. The molecule has 0 heterocycles. The summed E-state index contributed by atoms with van der Waals surface area (Å²) in [6.07, 6.45) is 0.634. The Bertz CT molecular complexity index is 646. The Morgan fingerprint density at radius 1 is 1.45 bits per heavy atom. The molecule has 0 aliphatic carbocycles. The molecule has 0 radical (unpaired) electrons. The van der Waals surface area contributed by atoms with Crippen LogP contribution in [0.4, 0.5) is 4.39 Å². The van der Waals surface area contributed by atoms with Gasteiger partial charge in [0.05, 0.1) is 5.56 Å². The molecule has 1 rings (SSSR count). The molecule has 1 amide bonds. The van der Waals surface area contributed by atoms with Crippen molar-refractivity contribution in [2.45, 2.75) is 37.6 Å². The van der Waals surface area contributed by atoms with Crippen LogP contribution in [0.1, 0.15) is 37.6 Å². The zero-order chi connectivity index (χ0) is 15.7. The van der Waals surface area contributed by atoms with Gasteiger partial charge in [0.15, 0.2) is 5.82 Å². The summed E-state index contributed by atoms with van der Waals surface area (Å²) in [5, 5.41) is 2.63. The van der Waals surface area contributed by atoms with Gasteiger partial charge < -0.3 is 5.32 Å². The lowest BCUT2D eigenvalue weighted by atomic mass is 10.0. The maximum Gasteiger partial charge on any atom is 0.264 e. The van der Waals surface area contributed by atoms with E-state index in [2.05, 4.69) is 21.2 Å². The number of hydrogen-bond donors (Lipinski definition) is 1. The average molecular weight is 387 g/mol. The maximum absolute atomic E-state index is 14.1. The molecular formula is C12H14BrClFNO3S. The molecule has 0 bridgehead atoms. The molecule has 20 heavy (non-hydrogen) atoms. The number of nitrogens with one attached hydrogen (secondary N) is 1. The van der Waals surface area contributed by atoms with Gasteiger partial charge in [0.25, 0.3) is 15.0 Å². The quantitative estimate of drug-likeness (QED) is 0.806. The van der Waals surface area contributed by atoms with E-state index in [1.165, 1.54) is 6.07 Å². The standard InChI is InChI=1S/C12H14BrClFNO3S/c1-4-12(2,3)16-11(17)8-5-7(13)6-9(10(8)15)20(14,18)19/h5-6H,4H2,1-3H3,(H,16,17). The van der Waals surface area contributed by atoms with Gasteiger partial charge in [0.1, 0.15) is 4.90 Å². The SMILES string of the molecule is CCC(C)(C)NC(=O)c1cc(Br)cc(S(=O)(=O)Cl)c1F. The summed E-state index contributed by atoms with van der Waals surface area (Å²) in [6.45, 7) is 5.42. The molecule has 0 aromatic heterocycles. The van der Waals surface area contributed by atoms with E-state index in [0.717, 1.165) is 6.07 Å². The first-order valence-electron chi connectivity index (χ1n) is 5.74. The van der Waals surface area contributed by atoms with Crippen LogP contribution in [0.25, 0.3) is 0 Å². The fraction of sp³-hybridized carbons (Fsp3) is 0.417. The van der Waals surface area contributed by atoms with Crippen molar-refractivity contribution in [2.24, 2.45) is 0 Å². The normalized spacial score (nSPS) is 12.3. The second-order valence-electron chi connectivity index (χ2n) is 4.89. The molecule has 0 aliphatic rings. The van der Waals surface area contributed by atoms with Gasteiger partial charge in [-0.05, 0) is 32.4 Å². The fourth-order valence-corrected chi connectivity index (χ4v) is 2.91. The number of carbonyl (C=O) groups excluding carboxylic acids is 1. The molecule has 1 aromatic rings. The van der Waals surface area contributed by atoms with Crippen LogP contribution in [0.2, 0.25) is 0 Å². The molecule has 0 atom stereocenters. The van der Waals surface area contributed by atoms with Crippen LogP contribution in [0.15, 0.2) is 21.5 Å². The summed E-state index contributed by atoms with van der Waals surface area (Å²) >= 11 is 3.03. The lowest BCUT2D eigenvalue weighted by molar-refractivity contribution is 0.0906. The van der Waals surface area contributed by atoms with Gasteiger partial charge in [-0.2, -0.15) is 0 Å². The molecule has 0 fully saturated rings. The number of amides is 1. The number of benzene rings is 1. The highest BCUT2D eigenvalue weighted by Gasteiger charge is 2.26. The summed E-state index contributed by atoms with van der Waals surface area (Å²) < 4.78 is 37.0. The molecule has 0 saturated heterocycles. The Hall–Kier alpha value is -0.660. The molecule has 0 aliphatic heterocycles. The summed E-state index contributed by atoms with van der Waals surface area (Å²) in [5.41, 5.74) is -0.911. The summed E-state index contributed by atoms with van der Waals surface area (Å²) in [7, 11) is 0.878. The minimum absolute atomic E-state index is 0.248. The van der Waals surface area contributed by atoms with E-state index in [-0.39, 0.29) is 10.0 Å². The maximum atomic E-state index is 14.1. The Balaban J connectivity index is 3.33. The minimum Gasteiger partial charge on any atom is -0.347 e. The zero-order valence-electron chi connectivity index (χ0n) is 11.1. The number of carbonyl (C=O) groups is 1. The van der Waals surface area contributed by atoms with Gasteiger partial charge in [-0.3, -0.25) is 4.79 Å². The molecule has 112 valence electrons. The van der Waals surface area contributed by atoms with Crippen molar-refractivity contribution in [3.8, 4) is 0 Å². The van der Waals surface area contributed by atoms with Crippen LogP contribution in [-0.2, 0) is 9.05 Å². The van der Waals surface area contributed by atoms with Crippen molar-refractivity contribution in [3.63, 3.8) is 0 Å². The van der Waals surface area contributed by atoms with Crippen LogP contribution in [0.3, 0.4) is 0 Å². The summed E-state index contributed by atoms with van der Waals surface area (Å²) in [4.78, 5) is 11.3. The highest BCUT2D eigenvalue weighted by molar-refractivity contribution is 9.10. The van der Waals surface area contributed by atoms with Crippen LogP contribution in [0.5, 0.6) is 0 Å². The summed E-state index contributed by atoms with van der Waals surface area (Å²) in [5.74, 6) is -1.86. The molecule has 8 heteroatoms. The number of hydrogen-bond acceptors (Lipinski definition) is 3. The second kappa shape index (κ2) is 5.99. The molecule has 1 aromatic carbocycles.